The van der Waals surface area contributed by atoms with E-state index >= 15 is 0 Å². The molecule has 1 N–H and O–H groups in total. The molecule has 0 saturated carbocycles. The van der Waals surface area contributed by atoms with Crippen molar-refractivity contribution >= 4 is 81.5 Å². The Kier molecular flexibility index (Phi) is 7.29. The van der Waals surface area contributed by atoms with E-state index in [4.69, 9.17) is 4.74 Å². The number of benzene rings is 2. The minimum Gasteiger partial charge on any atom is -0.478 e. The van der Waals surface area contributed by atoms with Crippen molar-refractivity contribution < 1.29 is 19.4 Å². The lowest BCUT2D eigenvalue weighted by molar-refractivity contribution is 0.0690. The Labute approximate surface area is 184 Å². The van der Waals surface area contributed by atoms with E-state index in [2.05, 4.69) is 63.7 Å². The van der Waals surface area contributed by atoms with Crippen molar-refractivity contribution in [2.45, 2.75) is 13.5 Å². The SMILES string of the molecule is Cc1ccc(N(C)C(=O)OCc2c(Br)c(Br)c(Br)c(Br)c2C(=O)O)cc1. The van der Waals surface area contributed by atoms with Crippen LogP contribution < -0.4 is 4.90 Å². The summed E-state index contributed by atoms with van der Waals surface area (Å²) in [5, 5.41) is 9.53. The number of hydrogen-bond acceptors (Lipinski definition) is 3. The number of carboxylic acids is 1. The van der Waals surface area contributed by atoms with Crippen LogP contribution in [0.5, 0.6) is 0 Å². The summed E-state index contributed by atoms with van der Waals surface area (Å²) in [6, 6.07) is 7.40. The van der Waals surface area contributed by atoms with Crippen LogP contribution in [0, 0.1) is 6.92 Å². The molecule has 0 atom stereocenters. The average molecular weight is 615 g/mol. The van der Waals surface area contributed by atoms with Crippen molar-refractivity contribution in [1.82, 2.24) is 0 Å². The molecule has 0 aromatic heterocycles. The summed E-state index contributed by atoms with van der Waals surface area (Å²) in [5.74, 6) is -1.14. The van der Waals surface area contributed by atoms with Crippen LogP contribution >= 0.6 is 63.7 Å². The van der Waals surface area contributed by atoms with Crippen LogP contribution in [0.3, 0.4) is 0 Å². The summed E-state index contributed by atoms with van der Waals surface area (Å²) < 4.78 is 7.36. The fourth-order valence-corrected chi connectivity index (χ4v) is 4.62. The van der Waals surface area contributed by atoms with Crippen LogP contribution in [0.4, 0.5) is 10.5 Å². The van der Waals surface area contributed by atoms with Crippen molar-refractivity contribution in [1.29, 1.82) is 0 Å². The smallest absolute Gasteiger partial charge is 0.414 e. The Morgan fingerprint density at radius 2 is 1.54 bits per heavy atom. The maximum atomic E-state index is 12.3. The lowest BCUT2D eigenvalue weighted by atomic mass is 10.1. The average Bonchev–Trinajstić information content (AvgIpc) is 2.61. The van der Waals surface area contributed by atoms with Gasteiger partial charge in [-0.2, -0.15) is 0 Å². The molecule has 26 heavy (non-hydrogen) atoms. The van der Waals surface area contributed by atoms with E-state index in [0.717, 1.165) is 5.56 Å². The van der Waals surface area contributed by atoms with Crippen molar-refractivity contribution in [3.63, 3.8) is 0 Å². The molecule has 0 aliphatic rings. The highest BCUT2D eigenvalue weighted by Crippen LogP contribution is 2.42. The third kappa shape index (κ3) is 4.49. The number of hydrogen-bond donors (Lipinski definition) is 1. The van der Waals surface area contributed by atoms with Gasteiger partial charge in [0.25, 0.3) is 0 Å². The van der Waals surface area contributed by atoms with Gasteiger partial charge in [-0.05, 0) is 82.8 Å². The number of halogens is 4. The van der Waals surface area contributed by atoms with Gasteiger partial charge in [-0.25, -0.2) is 9.59 Å². The molecule has 0 radical (unpaired) electrons. The van der Waals surface area contributed by atoms with E-state index in [0.29, 0.717) is 29.1 Å². The highest BCUT2D eigenvalue weighted by molar-refractivity contribution is 9.15. The topological polar surface area (TPSA) is 66.8 Å². The highest BCUT2D eigenvalue weighted by atomic mass is 79.9. The van der Waals surface area contributed by atoms with Gasteiger partial charge < -0.3 is 9.84 Å². The van der Waals surface area contributed by atoms with Gasteiger partial charge in [0.1, 0.15) is 6.61 Å². The molecule has 0 fully saturated rings. The molecule has 0 aliphatic carbocycles. The lowest BCUT2D eigenvalue weighted by Crippen LogP contribution is -2.27. The predicted octanol–water partition coefficient (Wildman–Crippen LogP) is 6.52. The fourth-order valence-electron chi connectivity index (χ4n) is 2.14. The number of nitrogens with zero attached hydrogens (tertiary/aromatic N) is 1. The number of amides is 1. The Morgan fingerprint density at radius 3 is 2.08 bits per heavy atom. The van der Waals surface area contributed by atoms with Gasteiger partial charge in [0.05, 0.1) is 5.56 Å². The molecule has 1 amide bonds. The van der Waals surface area contributed by atoms with Crippen molar-refractivity contribution in [3.8, 4) is 0 Å². The van der Waals surface area contributed by atoms with Crippen LogP contribution in [0.15, 0.2) is 42.2 Å². The fraction of sp³-hybridized carbons (Fsp3) is 0.176. The molecular formula is C17H13Br4NO4. The molecule has 0 saturated heterocycles. The van der Waals surface area contributed by atoms with E-state index in [1.807, 2.05) is 31.2 Å². The number of carbonyl (C=O) groups excluding carboxylic acids is 1. The molecule has 0 heterocycles. The molecule has 2 aromatic rings. The maximum Gasteiger partial charge on any atom is 0.414 e. The Bertz CT molecular complexity index is 868. The molecule has 0 bridgehead atoms. The number of anilines is 1. The van der Waals surface area contributed by atoms with E-state index in [9.17, 15) is 14.7 Å². The normalized spacial score (nSPS) is 10.5. The maximum absolute atomic E-state index is 12.3. The molecule has 138 valence electrons. The van der Waals surface area contributed by atoms with Gasteiger partial charge in [-0.15, -0.1) is 0 Å². The zero-order valence-corrected chi connectivity index (χ0v) is 20.0. The summed E-state index contributed by atoms with van der Waals surface area (Å²) >= 11 is 13.3. The van der Waals surface area contributed by atoms with Crippen LogP contribution in [0.2, 0.25) is 0 Å². The van der Waals surface area contributed by atoms with Gasteiger partial charge in [0.2, 0.25) is 0 Å². The second-order valence-corrected chi connectivity index (χ2v) is 8.54. The molecule has 9 heteroatoms. The van der Waals surface area contributed by atoms with Gasteiger partial charge >= 0.3 is 12.1 Å². The summed E-state index contributed by atoms with van der Waals surface area (Å²) in [6.07, 6.45) is -0.591. The van der Waals surface area contributed by atoms with Gasteiger partial charge in [0.15, 0.2) is 0 Å². The first-order chi connectivity index (χ1) is 12.1. The van der Waals surface area contributed by atoms with E-state index in [1.54, 1.807) is 7.05 Å². The quantitative estimate of drug-likeness (QED) is 0.315. The van der Waals surface area contributed by atoms with Gasteiger partial charge in [0, 0.05) is 36.2 Å². The van der Waals surface area contributed by atoms with Crippen molar-refractivity contribution in [2.24, 2.45) is 0 Å². The first-order valence-corrected chi connectivity index (χ1v) is 10.4. The minimum absolute atomic E-state index is 0.0118. The monoisotopic (exact) mass is 611 g/mol. The minimum atomic E-state index is -1.14. The zero-order chi connectivity index (χ0) is 19.6. The van der Waals surface area contributed by atoms with Crippen LogP contribution in [-0.2, 0) is 11.3 Å². The number of rotatable bonds is 4. The molecule has 0 unspecified atom stereocenters. The lowest BCUT2D eigenvalue weighted by Gasteiger charge is -2.19. The number of carboxylic acid groups (broad SMARTS) is 1. The summed E-state index contributed by atoms with van der Waals surface area (Å²) in [7, 11) is 1.59. The van der Waals surface area contributed by atoms with E-state index in [-0.39, 0.29) is 12.2 Å². The standard InChI is InChI=1S/C17H13Br4NO4/c1-8-3-5-9(6-4-8)22(2)17(25)26-7-10-11(16(23)24)13(19)15(21)14(20)12(10)18/h3-6H,7H2,1-2H3,(H,23,24). The van der Waals surface area contributed by atoms with Gasteiger partial charge in [-0.3, -0.25) is 4.90 Å². The first kappa shape index (κ1) is 21.4. The molecule has 2 rings (SSSR count). The molecule has 2 aromatic carbocycles. The van der Waals surface area contributed by atoms with Crippen LogP contribution in [0.1, 0.15) is 21.5 Å². The molecule has 0 spiro atoms. The Hall–Kier alpha value is -0.900. The van der Waals surface area contributed by atoms with Crippen LogP contribution in [0.25, 0.3) is 0 Å². The van der Waals surface area contributed by atoms with E-state index < -0.39 is 12.1 Å². The number of aromatic carboxylic acids is 1. The first-order valence-electron chi connectivity index (χ1n) is 7.20. The zero-order valence-electron chi connectivity index (χ0n) is 13.6. The Balaban J connectivity index is 2.27. The summed E-state index contributed by atoms with van der Waals surface area (Å²) in [4.78, 5) is 25.3. The van der Waals surface area contributed by atoms with Crippen molar-refractivity contribution in [3.05, 3.63) is 58.8 Å². The number of aryl methyl sites for hydroxylation is 1. The highest BCUT2D eigenvalue weighted by Gasteiger charge is 2.25. The van der Waals surface area contributed by atoms with E-state index in [1.165, 1.54) is 4.90 Å². The number of ether oxygens (including phenoxy) is 1. The third-order valence-corrected chi connectivity index (χ3v) is 8.46. The molecule has 0 aliphatic heterocycles. The van der Waals surface area contributed by atoms with Gasteiger partial charge in [-0.1, -0.05) is 17.7 Å². The second kappa shape index (κ2) is 8.86. The third-order valence-electron chi connectivity index (χ3n) is 3.61. The summed E-state index contributed by atoms with van der Waals surface area (Å²) in [5.41, 5.74) is 2.11. The Morgan fingerprint density at radius 1 is 1.00 bits per heavy atom. The summed E-state index contributed by atoms with van der Waals surface area (Å²) in [6.45, 7) is 1.75. The second-order valence-electron chi connectivity index (χ2n) is 5.36. The predicted molar refractivity (Wildman–Crippen MR) is 114 cm³/mol. The molecular weight excluding hydrogens is 602 g/mol. The largest absolute Gasteiger partial charge is 0.478 e. The molecule has 5 nitrogen and oxygen atoms in total. The van der Waals surface area contributed by atoms with Crippen LogP contribution in [-0.4, -0.2) is 24.2 Å². The van der Waals surface area contributed by atoms with Crippen molar-refractivity contribution in [2.75, 3.05) is 11.9 Å². The number of carbonyl (C=O) groups is 2.